The van der Waals surface area contributed by atoms with E-state index in [2.05, 4.69) is 60.7 Å². The van der Waals surface area contributed by atoms with Crippen LogP contribution in [0, 0.1) is 0 Å². The molecule has 0 atom stereocenters. The fourth-order valence-corrected chi connectivity index (χ4v) is 2.53. The van der Waals surface area contributed by atoms with Crippen molar-refractivity contribution in [2.75, 3.05) is 0 Å². The van der Waals surface area contributed by atoms with Crippen molar-refractivity contribution in [1.29, 1.82) is 0 Å². The predicted molar refractivity (Wildman–Crippen MR) is 99.6 cm³/mol. The van der Waals surface area contributed by atoms with Crippen molar-refractivity contribution in [3.8, 4) is 0 Å². The van der Waals surface area contributed by atoms with Crippen LogP contribution in [0.2, 0.25) is 0 Å². The summed E-state index contributed by atoms with van der Waals surface area (Å²) >= 11 is 0. The van der Waals surface area contributed by atoms with E-state index < -0.39 is 0 Å². The Kier molecular flexibility index (Phi) is 4.70. The fraction of sp³-hybridized carbons (Fsp3) is 0. The first-order chi connectivity index (χ1) is 11.4. The minimum atomic E-state index is 1.01. The molecule has 1 heteroatoms. The molecule has 0 unspecified atom stereocenters. The summed E-state index contributed by atoms with van der Waals surface area (Å²) in [5.74, 6) is 0. The summed E-state index contributed by atoms with van der Waals surface area (Å²) in [6.45, 7) is 0. The maximum absolute atomic E-state index is 8.34. The highest BCUT2D eigenvalue weighted by atomic mass is 16.2. The molecule has 0 spiro atoms. The number of aliphatic hydroxyl groups excluding tert-OH is 1. The lowest BCUT2D eigenvalue weighted by atomic mass is 10.0. The van der Waals surface area contributed by atoms with Crippen LogP contribution in [0.15, 0.2) is 97.3 Å². The number of rotatable bonds is 1. The van der Waals surface area contributed by atoms with E-state index >= 15 is 0 Å². The Hall–Kier alpha value is -3.06. The lowest BCUT2D eigenvalue weighted by Crippen LogP contribution is -1.74. The third kappa shape index (κ3) is 3.78. The third-order valence-electron chi connectivity index (χ3n) is 3.68. The summed E-state index contributed by atoms with van der Waals surface area (Å²) in [4.78, 5) is 0. The van der Waals surface area contributed by atoms with Crippen LogP contribution in [-0.2, 0) is 0 Å². The molecule has 1 nitrogen and oxygen atoms in total. The van der Waals surface area contributed by atoms with E-state index in [1.54, 1.807) is 6.08 Å². The van der Waals surface area contributed by atoms with Gasteiger partial charge in [-0.2, -0.15) is 0 Å². The molecule has 1 N–H and O–H groups in total. The van der Waals surface area contributed by atoms with Gasteiger partial charge in [-0.3, -0.25) is 0 Å². The molecule has 0 radical (unpaired) electrons. The van der Waals surface area contributed by atoms with Crippen molar-refractivity contribution in [1.82, 2.24) is 0 Å². The van der Waals surface area contributed by atoms with E-state index in [9.17, 15) is 0 Å². The lowest BCUT2D eigenvalue weighted by molar-refractivity contribution is 0.478. The monoisotopic (exact) mass is 298 g/mol. The van der Waals surface area contributed by atoms with Gasteiger partial charge in [-0.15, -0.1) is 0 Å². The van der Waals surface area contributed by atoms with Crippen molar-refractivity contribution >= 4 is 27.6 Å². The molecule has 4 rings (SSSR count). The first kappa shape index (κ1) is 14.9. The summed E-state index contributed by atoms with van der Waals surface area (Å²) in [6, 6.07) is 31.1. The molecule has 0 bridgehead atoms. The topological polar surface area (TPSA) is 20.2 Å². The van der Waals surface area contributed by atoms with Gasteiger partial charge in [0.05, 0.1) is 6.26 Å². The summed E-state index contributed by atoms with van der Waals surface area (Å²) in [6.07, 6.45) is 2.68. The molecule has 4 aromatic rings. The summed E-state index contributed by atoms with van der Waals surface area (Å²) in [5, 5.41) is 13.6. The van der Waals surface area contributed by atoms with E-state index in [-0.39, 0.29) is 0 Å². The first-order valence-corrected chi connectivity index (χ1v) is 7.60. The normalized spacial score (nSPS) is 10.6. The van der Waals surface area contributed by atoms with Crippen molar-refractivity contribution in [3.05, 3.63) is 103 Å². The molecule has 0 fully saturated rings. The van der Waals surface area contributed by atoms with Crippen LogP contribution in [-0.4, -0.2) is 5.11 Å². The van der Waals surface area contributed by atoms with Crippen molar-refractivity contribution in [2.24, 2.45) is 0 Å². The molecule has 23 heavy (non-hydrogen) atoms. The van der Waals surface area contributed by atoms with Crippen LogP contribution in [0.3, 0.4) is 0 Å². The van der Waals surface area contributed by atoms with Crippen molar-refractivity contribution in [2.45, 2.75) is 0 Å². The molecular weight excluding hydrogens is 280 g/mol. The van der Waals surface area contributed by atoms with Crippen LogP contribution in [0.1, 0.15) is 5.56 Å². The fourth-order valence-electron chi connectivity index (χ4n) is 2.53. The van der Waals surface area contributed by atoms with Crippen LogP contribution >= 0.6 is 0 Å². The standard InChI is InChI=1S/C14H10.C8H8O/c1-2-6-12-10-14-8-4-3-7-13(14)9-11(12)5-1;9-7-6-8-4-2-1-3-5-8/h1-10H;1-7,9H. The van der Waals surface area contributed by atoms with E-state index in [0.717, 1.165) is 11.8 Å². The maximum Gasteiger partial charge on any atom is 0.0797 e. The highest BCUT2D eigenvalue weighted by Gasteiger charge is 1.95. The Balaban J connectivity index is 0.000000151. The number of hydrogen-bond acceptors (Lipinski definition) is 1. The van der Waals surface area contributed by atoms with Gasteiger partial charge in [-0.05, 0) is 45.3 Å². The Morgan fingerprint density at radius 1 is 0.522 bits per heavy atom. The van der Waals surface area contributed by atoms with Crippen molar-refractivity contribution < 1.29 is 5.11 Å². The van der Waals surface area contributed by atoms with Gasteiger partial charge in [0, 0.05) is 0 Å². The van der Waals surface area contributed by atoms with Crippen LogP contribution in [0.5, 0.6) is 0 Å². The molecule has 0 heterocycles. The van der Waals surface area contributed by atoms with Gasteiger partial charge in [-0.25, -0.2) is 0 Å². The molecule has 0 saturated carbocycles. The minimum absolute atomic E-state index is 1.01. The third-order valence-corrected chi connectivity index (χ3v) is 3.68. The zero-order chi connectivity index (χ0) is 15.9. The highest BCUT2D eigenvalue weighted by molar-refractivity contribution is 5.98. The largest absolute Gasteiger partial charge is 0.516 e. The second-order valence-electron chi connectivity index (χ2n) is 5.27. The van der Waals surface area contributed by atoms with Crippen LogP contribution in [0.25, 0.3) is 27.6 Å². The lowest BCUT2D eigenvalue weighted by Gasteiger charge is -2.00. The first-order valence-electron chi connectivity index (χ1n) is 7.60. The second kappa shape index (κ2) is 7.28. The summed E-state index contributed by atoms with van der Waals surface area (Å²) in [7, 11) is 0. The van der Waals surface area contributed by atoms with Crippen molar-refractivity contribution in [3.63, 3.8) is 0 Å². The van der Waals surface area contributed by atoms with Gasteiger partial charge in [0.25, 0.3) is 0 Å². The molecule has 0 aliphatic carbocycles. The minimum Gasteiger partial charge on any atom is -0.516 e. The van der Waals surface area contributed by atoms with E-state index in [4.69, 9.17) is 5.11 Å². The zero-order valence-corrected chi connectivity index (χ0v) is 12.8. The Morgan fingerprint density at radius 2 is 0.913 bits per heavy atom. The quantitative estimate of drug-likeness (QED) is 0.327. The van der Waals surface area contributed by atoms with Gasteiger partial charge >= 0.3 is 0 Å². The van der Waals surface area contributed by atoms with Gasteiger partial charge in [0.2, 0.25) is 0 Å². The SMILES string of the molecule is OC=Cc1ccccc1.c1ccc2cc3ccccc3cc2c1. The molecule has 0 amide bonds. The number of fused-ring (bicyclic) bond motifs is 2. The van der Waals surface area contributed by atoms with E-state index in [1.165, 1.54) is 21.5 Å². The summed E-state index contributed by atoms with van der Waals surface area (Å²) < 4.78 is 0. The number of benzene rings is 4. The smallest absolute Gasteiger partial charge is 0.0797 e. The highest BCUT2D eigenvalue weighted by Crippen LogP contribution is 2.21. The second-order valence-corrected chi connectivity index (χ2v) is 5.27. The molecule has 0 aliphatic rings. The number of aliphatic hydroxyl groups is 1. The average Bonchev–Trinajstić information content (AvgIpc) is 2.62. The van der Waals surface area contributed by atoms with Gasteiger partial charge < -0.3 is 5.11 Å². The maximum atomic E-state index is 8.34. The van der Waals surface area contributed by atoms with E-state index in [0.29, 0.717) is 0 Å². The molecule has 0 aromatic heterocycles. The molecule has 112 valence electrons. The van der Waals surface area contributed by atoms with E-state index in [1.807, 2.05) is 30.3 Å². The molecule has 0 aliphatic heterocycles. The predicted octanol–water partition coefficient (Wildman–Crippen LogP) is 6.21. The van der Waals surface area contributed by atoms with Gasteiger partial charge in [0.1, 0.15) is 0 Å². The van der Waals surface area contributed by atoms with Gasteiger partial charge in [-0.1, -0.05) is 78.9 Å². The Morgan fingerprint density at radius 3 is 1.30 bits per heavy atom. The molecule has 4 aromatic carbocycles. The Bertz CT molecular complexity index is 819. The molecular formula is C22H18O. The van der Waals surface area contributed by atoms with Gasteiger partial charge in [0.15, 0.2) is 0 Å². The number of hydrogen-bond donors (Lipinski definition) is 1. The van der Waals surface area contributed by atoms with Crippen LogP contribution in [0.4, 0.5) is 0 Å². The van der Waals surface area contributed by atoms with Crippen LogP contribution < -0.4 is 0 Å². The molecule has 0 saturated heterocycles. The Labute approximate surface area is 136 Å². The zero-order valence-electron chi connectivity index (χ0n) is 12.8. The average molecular weight is 298 g/mol. The summed E-state index contributed by atoms with van der Waals surface area (Å²) in [5.41, 5.74) is 1.01.